The first-order valence-corrected chi connectivity index (χ1v) is 12.3. The summed E-state index contributed by atoms with van der Waals surface area (Å²) in [4.78, 5) is 29.0. The van der Waals surface area contributed by atoms with Gasteiger partial charge in [-0.2, -0.15) is 0 Å². The van der Waals surface area contributed by atoms with Gasteiger partial charge in [0.1, 0.15) is 11.9 Å². The molecule has 7 nitrogen and oxygen atoms in total. The Labute approximate surface area is 210 Å². The summed E-state index contributed by atoms with van der Waals surface area (Å²) in [5, 5.41) is 7.28. The van der Waals surface area contributed by atoms with Crippen LogP contribution in [-0.4, -0.2) is 19.9 Å². The number of ether oxygens (including phenoxy) is 1. The van der Waals surface area contributed by atoms with E-state index in [9.17, 15) is 4.79 Å². The lowest BCUT2D eigenvalue weighted by Crippen LogP contribution is -2.19. The molecule has 35 heavy (non-hydrogen) atoms. The molecule has 0 fully saturated rings. The number of anilines is 1. The summed E-state index contributed by atoms with van der Waals surface area (Å²) in [6.45, 7) is 3.83. The van der Waals surface area contributed by atoms with Crippen LogP contribution in [0.4, 0.5) is 5.13 Å². The summed E-state index contributed by atoms with van der Waals surface area (Å²) in [6, 6.07) is 14.6. The summed E-state index contributed by atoms with van der Waals surface area (Å²) >= 11 is 8.01. The molecule has 2 atom stereocenters. The van der Waals surface area contributed by atoms with Gasteiger partial charge in [0.25, 0.3) is 5.56 Å². The van der Waals surface area contributed by atoms with Gasteiger partial charge in [0.05, 0.1) is 28.0 Å². The minimum Gasteiger partial charge on any atom is -0.483 e. The Hall–Kier alpha value is -3.75. The normalized spacial score (nSPS) is 12.9. The van der Waals surface area contributed by atoms with E-state index in [1.165, 1.54) is 11.3 Å². The fourth-order valence-electron chi connectivity index (χ4n) is 3.75. The van der Waals surface area contributed by atoms with Crippen LogP contribution in [0, 0.1) is 0 Å². The zero-order valence-corrected chi connectivity index (χ0v) is 20.6. The predicted octanol–water partition coefficient (Wildman–Crippen LogP) is 6.41. The van der Waals surface area contributed by atoms with Gasteiger partial charge in [-0.1, -0.05) is 17.7 Å². The third-order valence-electron chi connectivity index (χ3n) is 5.60. The number of hydrogen-bond donors (Lipinski definition) is 2. The maximum atomic E-state index is 12.9. The molecule has 0 amide bonds. The summed E-state index contributed by atoms with van der Waals surface area (Å²) in [5.74, 6) is 0.484. The summed E-state index contributed by atoms with van der Waals surface area (Å²) in [5.41, 5.74) is 3.62. The number of benzene rings is 1. The van der Waals surface area contributed by atoms with E-state index in [-0.39, 0.29) is 17.7 Å². The first-order valence-electron chi connectivity index (χ1n) is 11.0. The number of pyridine rings is 3. The topological polar surface area (TPSA) is 92.8 Å². The average Bonchev–Trinajstić information content (AvgIpc) is 3.34. The Morgan fingerprint density at radius 1 is 1.11 bits per heavy atom. The standard InChI is InChI=1S/C26H22ClN5O2S/c1-15(30-26-32-23(14-35-26)17-6-5-8-28-13-17)19-10-18-11-20(27)24(12-22(18)31-25(19)33)34-16(2)21-7-3-4-9-29-21/h3-16H,1-2H3,(H,30,32)(H,31,33)/t15-,16+/m0/s1. The monoisotopic (exact) mass is 503 g/mol. The quantitative estimate of drug-likeness (QED) is 0.266. The van der Waals surface area contributed by atoms with E-state index in [1.54, 1.807) is 30.7 Å². The highest BCUT2D eigenvalue weighted by molar-refractivity contribution is 7.14. The van der Waals surface area contributed by atoms with E-state index in [0.29, 0.717) is 21.9 Å². The highest BCUT2D eigenvalue weighted by Crippen LogP contribution is 2.33. The lowest BCUT2D eigenvalue weighted by atomic mass is 10.1. The van der Waals surface area contributed by atoms with E-state index in [4.69, 9.17) is 16.3 Å². The van der Waals surface area contributed by atoms with Crippen LogP contribution >= 0.6 is 22.9 Å². The Bertz CT molecular complexity index is 1520. The first kappa shape index (κ1) is 23.0. The Balaban J connectivity index is 1.37. The zero-order chi connectivity index (χ0) is 24.4. The largest absolute Gasteiger partial charge is 0.483 e. The molecule has 0 spiro atoms. The van der Waals surface area contributed by atoms with Crippen LogP contribution in [-0.2, 0) is 0 Å². The van der Waals surface area contributed by atoms with Gasteiger partial charge >= 0.3 is 0 Å². The van der Waals surface area contributed by atoms with Crippen molar-refractivity contribution in [3.05, 3.63) is 99.1 Å². The molecule has 176 valence electrons. The molecule has 0 aliphatic heterocycles. The van der Waals surface area contributed by atoms with Crippen LogP contribution in [0.3, 0.4) is 0 Å². The number of aromatic nitrogens is 4. The fraction of sp³-hybridized carbons (Fsp3) is 0.154. The van der Waals surface area contributed by atoms with Crippen LogP contribution in [0.2, 0.25) is 5.02 Å². The summed E-state index contributed by atoms with van der Waals surface area (Å²) in [7, 11) is 0. The molecule has 0 bridgehead atoms. The number of halogens is 1. The number of thiazole rings is 1. The van der Waals surface area contributed by atoms with Gasteiger partial charge in [0.2, 0.25) is 0 Å². The maximum Gasteiger partial charge on any atom is 0.253 e. The molecule has 9 heteroatoms. The van der Waals surface area contributed by atoms with Crippen LogP contribution in [0.1, 0.15) is 37.3 Å². The van der Waals surface area contributed by atoms with Crippen molar-refractivity contribution in [3.8, 4) is 17.0 Å². The van der Waals surface area contributed by atoms with Gasteiger partial charge in [-0.3, -0.25) is 14.8 Å². The van der Waals surface area contributed by atoms with Gasteiger partial charge in [0, 0.05) is 46.6 Å². The Kier molecular flexibility index (Phi) is 6.48. The third-order valence-corrected chi connectivity index (χ3v) is 6.67. The lowest BCUT2D eigenvalue weighted by molar-refractivity contribution is 0.222. The lowest BCUT2D eigenvalue weighted by Gasteiger charge is -2.17. The van der Waals surface area contributed by atoms with Gasteiger partial charge in [-0.25, -0.2) is 4.98 Å². The fourth-order valence-corrected chi connectivity index (χ4v) is 4.78. The molecule has 5 aromatic rings. The molecule has 2 N–H and O–H groups in total. The zero-order valence-electron chi connectivity index (χ0n) is 19.0. The van der Waals surface area contributed by atoms with Crippen molar-refractivity contribution in [2.24, 2.45) is 0 Å². The first-order chi connectivity index (χ1) is 17.0. The van der Waals surface area contributed by atoms with E-state index in [0.717, 1.165) is 27.5 Å². The van der Waals surface area contributed by atoms with E-state index < -0.39 is 0 Å². The number of aromatic amines is 1. The van der Waals surface area contributed by atoms with Crippen LogP contribution in [0.25, 0.3) is 22.2 Å². The van der Waals surface area contributed by atoms with Crippen LogP contribution in [0.5, 0.6) is 5.75 Å². The van der Waals surface area contributed by atoms with Gasteiger partial charge in [0.15, 0.2) is 5.13 Å². The van der Waals surface area contributed by atoms with Crippen LogP contribution in [0.15, 0.2) is 77.3 Å². The number of rotatable bonds is 7. The Morgan fingerprint density at radius 2 is 2.00 bits per heavy atom. The van der Waals surface area contributed by atoms with Crippen molar-refractivity contribution in [2.45, 2.75) is 26.0 Å². The molecule has 0 saturated carbocycles. The molecular weight excluding hydrogens is 482 g/mol. The van der Waals surface area contributed by atoms with Gasteiger partial charge in [-0.05, 0) is 50.2 Å². The number of nitrogens with zero attached hydrogens (tertiary/aromatic N) is 3. The minimum atomic E-state index is -0.295. The SMILES string of the molecule is C[C@H](Nc1nc(-c2cccnc2)cs1)c1cc2cc(Cl)c(O[C@H](C)c3ccccn3)cc2[nH]c1=O. The minimum absolute atomic E-state index is 0.187. The highest BCUT2D eigenvalue weighted by Gasteiger charge is 2.16. The molecule has 4 heterocycles. The molecule has 1 aromatic carbocycles. The number of fused-ring (bicyclic) bond motifs is 1. The van der Waals surface area contributed by atoms with Crippen molar-refractivity contribution >= 4 is 39.0 Å². The molecule has 0 radical (unpaired) electrons. The third kappa shape index (κ3) is 5.03. The van der Waals surface area contributed by atoms with Crippen molar-refractivity contribution in [1.29, 1.82) is 0 Å². The van der Waals surface area contributed by atoms with Crippen molar-refractivity contribution in [2.75, 3.05) is 5.32 Å². The second-order valence-corrected chi connectivity index (χ2v) is 9.35. The summed E-state index contributed by atoms with van der Waals surface area (Å²) in [6.07, 6.45) is 4.92. The average molecular weight is 504 g/mol. The molecule has 0 saturated heterocycles. The van der Waals surface area contributed by atoms with Crippen molar-refractivity contribution < 1.29 is 4.74 Å². The molecule has 0 aliphatic rings. The molecule has 4 aromatic heterocycles. The molecule has 0 unspecified atom stereocenters. The van der Waals surface area contributed by atoms with E-state index in [2.05, 4.69) is 25.3 Å². The highest BCUT2D eigenvalue weighted by atomic mass is 35.5. The second-order valence-electron chi connectivity index (χ2n) is 8.08. The molecule has 5 rings (SSSR count). The number of H-pyrrole nitrogens is 1. The number of hydrogen-bond acceptors (Lipinski definition) is 7. The van der Waals surface area contributed by atoms with E-state index in [1.807, 2.05) is 55.6 Å². The number of nitrogens with one attached hydrogen (secondary N) is 2. The molecular formula is C26H22ClN5O2S. The van der Waals surface area contributed by atoms with Gasteiger partial charge < -0.3 is 15.0 Å². The van der Waals surface area contributed by atoms with E-state index >= 15 is 0 Å². The smallest absolute Gasteiger partial charge is 0.253 e. The summed E-state index contributed by atoms with van der Waals surface area (Å²) < 4.78 is 6.03. The maximum absolute atomic E-state index is 12.9. The van der Waals surface area contributed by atoms with Crippen molar-refractivity contribution in [3.63, 3.8) is 0 Å². The molecule has 0 aliphatic carbocycles. The predicted molar refractivity (Wildman–Crippen MR) is 140 cm³/mol. The second kappa shape index (κ2) is 9.85. The van der Waals surface area contributed by atoms with Crippen molar-refractivity contribution in [1.82, 2.24) is 19.9 Å². The van der Waals surface area contributed by atoms with Crippen LogP contribution < -0.4 is 15.6 Å². The Morgan fingerprint density at radius 3 is 2.77 bits per heavy atom. The van der Waals surface area contributed by atoms with Gasteiger partial charge in [-0.15, -0.1) is 11.3 Å².